The second-order valence-corrected chi connectivity index (χ2v) is 5.91. The average molecular weight is 253 g/mol. The van der Waals surface area contributed by atoms with E-state index >= 15 is 0 Å². The van der Waals surface area contributed by atoms with Gasteiger partial charge in [-0.1, -0.05) is 11.6 Å². The van der Waals surface area contributed by atoms with Gasteiger partial charge in [0.15, 0.2) is 0 Å². The van der Waals surface area contributed by atoms with Crippen molar-refractivity contribution in [1.82, 2.24) is 5.32 Å². The Morgan fingerprint density at radius 3 is 2.94 bits per heavy atom. The van der Waals surface area contributed by atoms with E-state index in [0.717, 1.165) is 12.0 Å². The summed E-state index contributed by atoms with van der Waals surface area (Å²) in [5, 5.41) is 12.4. The van der Waals surface area contributed by atoms with Gasteiger partial charge in [0.05, 0.1) is 5.56 Å². The fraction of sp³-hybridized carbons (Fsp3) is 0.417. The minimum absolute atomic E-state index is 0.0211. The number of phenols is 1. The number of hydrogen-bond donors (Lipinski definition) is 2. The first-order valence-corrected chi connectivity index (χ1v) is 7.00. The SMILES string of the molecule is Cc1ccc(O)c(C(=O)NC2CCS(=O)C2)c1. The van der Waals surface area contributed by atoms with Crippen molar-refractivity contribution >= 4 is 16.7 Å². The molecule has 92 valence electrons. The third kappa shape index (κ3) is 2.85. The molecule has 1 aromatic rings. The van der Waals surface area contributed by atoms with Crippen LogP contribution >= 0.6 is 0 Å². The predicted octanol–water partition coefficient (Wildman–Crippen LogP) is 0.951. The molecule has 1 aromatic carbocycles. The van der Waals surface area contributed by atoms with Gasteiger partial charge in [-0.25, -0.2) is 0 Å². The number of amides is 1. The highest BCUT2D eigenvalue weighted by Crippen LogP contribution is 2.18. The Balaban J connectivity index is 2.09. The van der Waals surface area contributed by atoms with Gasteiger partial charge in [0, 0.05) is 28.3 Å². The minimum atomic E-state index is -0.813. The molecule has 0 bridgehead atoms. The van der Waals surface area contributed by atoms with Crippen LogP contribution in [-0.2, 0) is 10.8 Å². The van der Waals surface area contributed by atoms with Crippen LogP contribution in [0.15, 0.2) is 18.2 Å². The second kappa shape index (κ2) is 4.87. The zero-order valence-electron chi connectivity index (χ0n) is 9.60. The Morgan fingerprint density at radius 2 is 2.29 bits per heavy atom. The van der Waals surface area contributed by atoms with Gasteiger partial charge >= 0.3 is 0 Å². The normalized spacial score (nSPS) is 23.6. The van der Waals surface area contributed by atoms with E-state index in [1.807, 2.05) is 6.92 Å². The summed E-state index contributed by atoms with van der Waals surface area (Å²) < 4.78 is 11.2. The van der Waals surface area contributed by atoms with Crippen LogP contribution in [0.3, 0.4) is 0 Å². The zero-order valence-corrected chi connectivity index (χ0v) is 10.4. The average Bonchev–Trinajstić information content (AvgIpc) is 2.67. The van der Waals surface area contributed by atoms with Crippen molar-refractivity contribution in [3.8, 4) is 5.75 Å². The molecule has 0 radical (unpaired) electrons. The highest BCUT2D eigenvalue weighted by molar-refractivity contribution is 7.85. The Hall–Kier alpha value is -1.36. The van der Waals surface area contributed by atoms with E-state index in [2.05, 4.69) is 5.32 Å². The summed E-state index contributed by atoms with van der Waals surface area (Å²) in [5.74, 6) is 0.839. The monoisotopic (exact) mass is 253 g/mol. The van der Waals surface area contributed by atoms with Gasteiger partial charge in [-0.05, 0) is 25.5 Å². The van der Waals surface area contributed by atoms with Crippen molar-refractivity contribution < 1.29 is 14.1 Å². The first kappa shape index (κ1) is 12.1. The molecule has 1 saturated heterocycles. The number of hydrogen-bond acceptors (Lipinski definition) is 3. The Kier molecular flexibility index (Phi) is 3.47. The molecule has 1 heterocycles. The lowest BCUT2D eigenvalue weighted by Gasteiger charge is -2.12. The predicted molar refractivity (Wildman–Crippen MR) is 66.6 cm³/mol. The molecule has 17 heavy (non-hydrogen) atoms. The number of carbonyl (C=O) groups excluding carboxylic acids is 1. The third-order valence-corrected chi connectivity index (χ3v) is 4.28. The number of phenolic OH excluding ortho intramolecular Hbond substituents is 1. The van der Waals surface area contributed by atoms with Crippen LogP contribution in [0.5, 0.6) is 5.75 Å². The van der Waals surface area contributed by atoms with E-state index in [9.17, 15) is 14.1 Å². The van der Waals surface area contributed by atoms with Crippen LogP contribution in [0.2, 0.25) is 0 Å². The van der Waals surface area contributed by atoms with E-state index < -0.39 is 10.8 Å². The highest BCUT2D eigenvalue weighted by Gasteiger charge is 2.23. The lowest BCUT2D eigenvalue weighted by atomic mass is 10.1. The molecule has 0 spiro atoms. The minimum Gasteiger partial charge on any atom is -0.507 e. The third-order valence-electron chi connectivity index (χ3n) is 2.81. The smallest absolute Gasteiger partial charge is 0.255 e. The number of aryl methyl sites for hydroxylation is 1. The van der Waals surface area contributed by atoms with Gasteiger partial charge in [0.1, 0.15) is 5.75 Å². The molecular formula is C12H15NO3S. The van der Waals surface area contributed by atoms with Crippen LogP contribution in [0, 0.1) is 6.92 Å². The standard InChI is InChI=1S/C12H15NO3S/c1-8-2-3-11(14)10(6-8)12(15)13-9-4-5-17(16)7-9/h2-3,6,9,14H,4-5,7H2,1H3,(H,13,15). The van der Waals surface area contributed by atoms with E-state index in [1.165, 1.54) is 6.07 Å². The highest BCUT2D eigenvalue weighted by atomic mass is 32.2. The molecule has 1 aliphatic rings. The summed E-state index contributed by atoms with van der Waals surface area (Å²) in [7, 11) is -0.813. The summed E-state index contributed by atoms with van der Waals surface area (Å²) in [4.78, 5) is 11.9. The number of carbonyl (C=O) groups is 1. The lowest BCUT2D eigenvalue weighted by Crippen LogP contribution is -2.35. The summed E-state index contributed by atoms with van der Waals surface area (Å²) in [5.41, 5.74) is 1.20. The number of nitrogens with one attached hydrogen (secondary N) is 1. The van der Waals surface area contributed by atoms with Crippen LogP contribution in [-0.4, -0.2) is 32.8 Å². The van der Waals surface area contributed by atoms with Crippen molar-refractivity contribution in [1.29, 1.82) is 0 Å². The molecule has 0 aliphatic carbocycles. The number of rotatable bonds is 2. The fourth-order valence-electron chi connectivity index (χ4n) is 1.87. The van der Waals surface area contributed by atoms with Crippen LogP contribution in [0.1, 0.15) is 22.3 Å². The first-order valence-electron chi connectivity index (χ1n) is 5.51. The lowest BCUT2D eigenvalue weighted by molar-refractivity contribution is 0.0938. The van der Waals surface area contributed by atoms with Crippen LogP contribution in [0.25, 0.3) is 0 Å². The van der Waals surface area contributed by atoms with Crippen LogP contribution < -0.4 is 5.32 Å². The summed E-state index contributed by atoms with van der Waals surface area (Å²) in [6, 6.07) is 4.87. The molecule has 1 aliphatic heterocycles. The van der Waals surface area contributed by atoms with Gasteiger partial charge < -0.3 is 10.4 Å². The number of benzene rings is 1. The molecule has 5 heteroatoms. The molecule has 0 aromatic heterocycles. The van der Waals surface area contributed by atoms with Gasteiger partial charge in [-0.2, -0.15) is 0 Å². The summed E-state index contributed by atoms with van der Waals surface area (Å²) in [6.07, 6.45) is 0.741. The molecule has 2 unspecified atom stereocenters. The topological polar surface area (TPSA) is 66.4 Å². The molecule has 1 amide bonds. The summed E-state index contributed by atoms with van der Waals surface area (Å²) >= 11 is 0. The van der Waals surface area contributed by atoms with Crippen molar-refractivity contribution in [3.05, 3.63) is 29.3 Å². The van der Waals surface area contributed by atoms with Gasteiger partial charge in [0.2, 0.25) is 0 Å². The zero-order chi connectivity index (χ0) is 12.4. The van der Waals surface area contributed by atoms with E-state index in [1.54, 1.807) is 12.1 Å². The molecule has 2 rings (SSSR count). The first-order chi connectivity index (χ1) is 8.06. The molecule has 2 N–H and O–H groups in total. The van der Waals surface area contributed by atoms with E-state index in [-0.39, 0.29) is 23.3 Å². The number of aromatic hydroxyl groups is 1. The van der Waals surface area contributed by atoms with Crippen molar-refractivity contribution in [2.24, 2.45) is 0 Å². The fourth-order valence-corrected chi connectivity index (χ4v) is 3.29. The largest absolute Gasteiger partial charge is 0.507 e. The van der Waals surface area contributed by atoms with Crippen molar-refractivity contribution in [2.75, 3.05) is 11.5 Å². The molecule has 0 saturated carbocycles. The van der Waals surface area contributed by atoms with Gasteiger partial charge in [0.25, 0.3) is 5.91 Å². The summed E-state index contributed by atoms with van der Waals surface area (Å²) in [6.45, 7) is 1.86. The van der Waals surface area contributed by atoms with Crippen molar-refractivity contribution in [3.63, 3.8) is 0 Å². The van der Waals surface area contributed by atoms with E-state index in [0.29, 0.717) is 11.5 Å². The van der Waals surface area contributed by atoms with Gasteiger partial charge in [-0.15, -0.1) is 0 Å². The molecular weight excluding hydrogens is 238 g/mol. The maximum absolute atomic E-state index is 11.9. The quantitative estimate of drug-likeness (QED) is 0.824. The van der Waals surface area contributed by atoms with E-state index in [4.69, 9.17) is 0 Å². The Bertz CT molecular complexity index is 473. The maximum atomic E-state index is 11.9. The second-order valence-electron chi connectivity index (χ2n) is 4.29. The molecule has 1 fully saturated rings. The Labute approximate surface area is 102 Å². The van der Waals surface area contributed by atoms with Crippen LogP contribution in [0.4, 0.5) is 0 Å². The Morgan fingerprint density at radius 1 is 1.53 bits per heavy atom. The van der Waals surface area contributed by atoms with Crippen molar-refractivity contribution in [2.45, 2.75) is 19.4 Å². The van der Waals surface area contributed by atoms with Gasteiger partial charge in [-0.3, -0.25) is 9.00 Å². The maximum Gasteiger partial charge on any atom is 0.255 e. The molecule has 4 nitrogen and oxygen atoms in total. The molecule has 2 atom stereocenters.